The summed E-state index contributed by atoms with van der Waals surface area (Å²) in [6, 6.07) is 15.4. The van der Waals surface area contributed by atoms with Gasteiger partial charge in [-0.15, -0.1) is 0 Å². The van der Waals surface area contributed by atoms with Gasteiger partial charge in [0.15, 0.2) is 5.82 Å². The highest BCUT2D eigenvalue weighted by Crippen LogP contribution is 2.32. The van der Waals surface area contributed by atoms with E-state index in [-0.39, 0.29) is 0 Å². The number of alkyl halides is 2. The average molecular weight is 500 g/mol. The molecule has 0 aliphatic carbocycles. The molecule has 0 bridgehead atoms. The maximum Gasteiger partial charge on any atom is 0.282 e. The summed E-state index contributed by atoms with van der Waals surface area (Å²) in [5, 5.41) is 11.0. The number of H-pyrrole nitrogens is 1. The summed E-state index contributed by atoms with van der Waals surface area (Å²) in [6.07, 6.45) is 5.30. The van der Waals surface area contributed by atoms with Crippen LogP contribution in [0.3, 0.4) is 0 Å². The standard InChI is InChI=1S/C27H23F2N7O/c1-16-9-18(10-22-21(16)11-23(35(22)2)26(37)36-14-27(28,29)15-36)25-30-8-7-24(34-25)33-20-5-3-17(4-6-20)19-12-31-32-13-19/h3-13H,14-15H2,1-2H3,(H,31,32)(H,30,33,34). The van der Waals surface area contributed by atoms with E-state index < -0.39 is 24.9 Å². The Morgan fingerprint density at radius 3 is 2.54 bits per heavy atom. The lowest BCUT2D eigenvalue weighted by Gasteiger charge is -2.38. The minimum atomic E-state index is -2.80. The monoisotopic (exact) mass is 499 g/mol. The van der Waals surface area contributed by atoms with Gasteiger partial charge in [0.25, 0.3) is 11.8 Å². The molecule has 10 heteroatoms. The second-order valence-corrected chi connectivity index (χ2v) is 9.29. The maximum atomic E-state index is 13.3. The molecule has 0 saturated carbocycles. The van der Waals surface area contributed by atoms with Gasteiger partial charge in [-0.1, -0.05) is 12.1 Å². The van der Waals surface area contributed by atoms with Gasteiger partial charge in [-0.05, 0) is 54.4 Å². The third-order valence-electron chi connectivity index (χ3n) is 6.62. The van der Waals surface area contributed by atoms with E-state index in [9.17, 15) is 13.6 Å². The number of nitrogens with one attached hydrogen (secondary N) is 2. The Bertz CT molecular complexity index is 1620. The molecule has 2 N–H and O–H groups in total. The highest BCUT2D eigenvalue weighted by Gasteiger charge is 2.46. The molecule has 6 rings (SSSR count). The minimum absolute atomic E-state index is 0.376. The van der Waals surface area contributed by atoms with Crippen LogP contribution in [0.4, 0.5) is 20.3 Å². The third-order valence-corrected chi connectivity index (χ3v) is 6.62. The number of hydrogen-bond acceptors (Lipinski definition) is 5. The van der Waals surface area contributed by atoms with Gasteiger partial charge >= 0.3 is 0 Å². The lowest BCUT2D eigenvalue weighted by molar-refractivity contribution is -0.113. The lowest BCUT2D eigenvalue weighted by atomic mass is 10.1. The summed E-state index contributed by atoms with van der Waals surface area (Å²) in [5.74, 6) is -2.03. The van der Waals surface area contributed by atoms with Crippen LogP contribution in [0.1, 0.15) is 16.1 Å². The second-order valence-electron chi connectivity index (χ2n) is 9.29. The van der Waals surface area contributed by atoms with Crippen LogP contribution in [0.25, 0.3) is 33.4 Å². The lowest BCUT2D eigenvalue weighted by Crippen LogP contribution is -2.58. The van der Waals surface area contributed by atoms with E-state index in [0.717, 1.165) is 38.8 Å². The first-order valence-corrected chi connectivity index (χ1v) is 11.7. The summed E-state index contributed by atoms with van der Waals surface area (Å²) in [5.41, 5.74) is 5.85. The summed E-state index contributed by atoms with van der Waals surface area (Å²) < 4.78 is 28.3. The molecule has 0 spiro atoms. The molecule has 4 heterocycles. The molecule has 186 valence electrons. The number of nitrogens with zero attached hydrogens (tertiary/aromatic N) is 5. The normalized spacial score (nSPS) is 14.5. The molecule has 1 amide bonds. The van der Waals surface area contributed by atoms with Gasteiger partial charge in [-0.25, -0.2) is 18.7 Å². The Hall–Kier alpha value is -4.60. The van der Waals surface area contributed by atoms with Crippen LogP contribution in [-0.4, -0.2) is 54.6 Å². The van der Waals surface area contributed by atoms with Crippen molar-refractivity contribution in [3.8, 4) is 22.5 Å². The number of aryl methyl sites for hydroxylation is 2. The number of carbonyl (C=O) groups is 1. The highest BCUT2D eigenvalue weighted by atomic mass is 19.3. The van der Waals surface area contributed by atoms with Crippen molar-refractivity contribution in [2.75, 3.05) is 18.4 Å². The van der Waals surface area contributed by atoms with Gasteiger partial charge in [0, 0.05) is 47.2 Å². The molecule has 5 aromatic rings. The molecule has 1 fully saturated rings. The number of aromatic nitrogens is 5. The SMILES string of the molecule is Cc1cc(-c2nccc(Nc3ccc(-c4cn[nH]c4)cc3)n2)cc2c1cc(C(=O)N1CC(F)(F)C1)n2C. The first kappa shape index (κ1) is 22.8. The number of fused-ring (bicyclic) bond motifs is 1. The molecular weight excluding hydrogens is 476 g/mol. The van der Waals surface area contributed by atoms with E-state index in [1.54, 1.807) is 36.1 Å². The largest absolute Gasteiger partial charge is 0.340 e. The average Bonchev–Trinajstić information content (AvgIpc) is 3.52. The fraction of sp³-hybridized carbons (Fsp3) is 0.185. The predicted octanol–water partition coefficient (Wildman–Crippen LogP) is 5.17. The number of benzene rings is 2. The first-order chi connectivity index (χ1) is 17.8. The predicted molar refractivity (Wildman–Crippen MR) is 137 cm³/mol. The summed E-state index contributed by atoms with van der Waals surface area (Å²) in [7, 11) is 1.77. The first-order valence-electron chi connectivity index (χ1n) is 11.7. The minimum Gasteiger partial charge on any atom is -0.340 e. The molecule has 37 heavy (non-hydrogen) atoms. The number of rotatable bonds is 5. The van der Waals surface area contributed by atoms with Crippen LogP contribution in [0.5, 0.6) is 0 Å². The van der Waals surface area contributed by atoms with E-state index in [0.29, 0.717) is 17.3 Å². The molecule has 1 saturated heterocycles. The Labute approximate surface area is 211 Å². The zero-order valence-corrected chi connectivity index (χ0v) is 20.2. The molecule has 3 aromatic heterocycles. The van der Waals surface area contributed by atoms with Gasteiger partial charge in [0.2, 0.25) is 0 Å². The van der Waals surface area contributed by atoms with Crippen LogP contribution < -0.4 is 5.32 Å². The van der Waals surface area contributed by atoms with Crippen molar-refractivity contribution in [3.05, 3.63) is 78.4 Å². The number of likely N-dealkylation sites (tertiary alicyclic amines) is 1. The molecule has 1 aliphatic rings. The summed E-state index contributed by atoms with van der Waals surface area (Å²) in [6.45, 7) is 0.857. The topological polar surface area (TPSA) is 91.7 Å². The van der Waals surface area contributed by atoms with Gasteiger partial charge in [-0.2, -0.15) is 5.10 Å². The number of hydrogen-bond donors (Lipinski definition) is 2. The number of anilines is 2. The molecular formula is C27H23F2N7O. The molecule has 0 radical (unpaired) electrons. The van der Waals surface area contributed by atoms with Crippen LogP contribution >= 0.6 is 0 Å². The third kappa shape index (κ3) is 4.20. The zero-order chi connectivity index (χ0) is 25.7. The quantitative estimate of drug-likeness (QED) is 0.348. The van der Waals surface area contributed by atoms with Crippen LogP contribution in [0.2, 0.25) is 0 Å². The van der Waals surface area contributed by atoms with E-state index >= 15 is 0 Å². The molecule has 8 nitrogen and oxygen atoms in total. The van der Waals surface area contributed by atoms with Crippen LogP contribution in [-0.2, 0) is 7.05 Å². The number of carbonyl (C=O) groups excluding carboxylic acids is 1. The molecule has 0 atom stereocenters. The van der Waals surface area contributed by atoms with E-state index in [2.05, 4.69) is 20.5 Å². The van der Waals surface area contributed by atoms with Crippen molar-refractivity contribution in [2.45, 2.75) is 12.8 Å². The Balaban J connectivity index is 1.27. The van der Waals surface area contributed by atoms with Crippen molar-refractivity contribution in [1.29, 1.82) is 0 Å². The van der Waals surface area contributed by atoms with Gasteiger partial charge in [0.1, 0.15) is 11.5 Å². The molecule has 0 unspecified atom stereocenters. The van der Waals surface area contributed by atoms with Crippen LogP contribution in [0, 0.1) is 6.92 Å². The van der Waals surface area contributed by atoms with Crippen molar-refractivity contribution in [2.24, 2.45) is 7.05 Å². The smallest absolute Gasteiger partial charge is 0.282 e. The van der Waals surface area contributed by atoms with Crippen molar-refractivity contribution >= 4 is 28.3 Å². The number of halogens is 2. The highest BCUT2D eigenvalue weighted by molar-refractivity contribution is 6.00. The molecule has 2 aromatic carbocycles. The second kappa shape index (κ2) is 8.51. The van der Waals surface area contributed by atoms with E-state index in [4.69, 9.17) is 4.98 Å². The van der Waals surface area contributed by atoms with E-state index in [1.807, 2.05) is 49.5 Å². The number of amides is 1. The van der Waals surface area contributed by atoms with Crippen molar-refractivity contribution in [1.82, 2.24) is 29.6 Å². The van der Waals surface area contributed by atoms with Gasteiger partial charge in [0.05, 0.1) is 19.3 Å². The summed E-state index contributed by atoms with van der Waals surface area (Å²) >= 11 is 0. The molecule has 1 aliphatic heterocycles. The van der Waals surface area contributed by atoms with Gasteiger partial charge < -0.3 is 14.8 Å². The number of aromatic amines is 1. The maximum absolute atomic E-state index is 13.3. The van der Waals surface area contributed by atoms with Crippen molar-refractivity contribution in [3.63, 3.8) is 0 Å². The Kier molecular flexibility index (Phi) is 5.25. The fourth-order valence-electron chi connectivity index (χ4n) is 4.63. The van der Waals surface area contributed by atoms with Crippen LogP contribution in [0.15, 0.2) is 67.1 Å². The van der Waals surface area contributed by atoms with Crippen molar-refractivity contribution < 1.29 is 13.6 Å². The Morgan fingerprint density at radius 1 is 1.05 bits per heavy atom. The summed E-state index contributed by atoms with van der Waals surface area (Å²) in [4.78, 5) is 23.1. The van der Waals surface area contributed by atoms with Gasteiger partial charge in [-0.3, -0.25) is 9.89 Å². The fourth-order valence-corrected chi connectivity index (χ4v) is 4.63. The Morgan fingerprint density at radius 2 is 1.84 bits per heavy atom. The van der Waals surface area contributed by atoms with E-state index in [1.165, 1.54) is 4.90 Å². The zero-order valence-electron chi connectivity index (χ0n) is 20.2.